The Hall–Kier alpha value is -1.77. The van der Waals surface area contributed by atoms with Crippen molar-refractivity contribution in [3.05, 3.63) is 28.8 Å². The van der Waals surface area contributed by atoms with Crippen molar-refractivity contribution in [3.8, 4) is 0 Å². The second kappa shape index (κ2) is 6.99. The molecule has 22 heavy (non-hydrogen) atoms. The third kappa shape index (κ3) is 4.62. The molecule has 0 fully saturated rings. The van der Waals surface area contributed by atoms with Gasteiger partial charge >= 0.3 is 12.2 Å². The van der Waals surface area contributed by atoms with Gasteiger partial charge in [-0.2, -0.15) is 4.90 Å². The van der Waals surface area contributed by atoms with Gasteiger partial charge in [0.25, 0.3) is 0 Å². The monoisotopic (exact) mass is 346 g/mol. The van der Waals surface area contributed by atoms with Gasteiger partial charge in [-0.25, -0.2) is 9.59 Å². The molecule has 0 aromatic heterocycles. The lowest BCUT2D eigenvalue weighted by Gasteiger charge is -2.18. The predicted octanol–water partition coefficient (Wildman–Crippen LogP) is 3.38. The van der Waals surface area contributed by atoms with Crippen LogP contribution in [-0.4, -0.2) is 37.9 Å². The van der Waals surface area contributed by atoms with Crippen LogP contribution in [0.1, 0.15) is 26.3 Å². The first-order valence-electron chi connectivity index (χ1n) is 6.05. The Kier molecular flexibility index (Phi) is 5.81. The molecule has 2 amide bonds. The Labute approximate surface area is 135 Å². The number of anilines is 1. The molecule has 0 aliphatic heterocycles. The minimum Gasteiger partial charge on any atom is -0.591 e. The number of halogens is 1. The predicted molar refractivity (Wildman–Crippen MR) is 85.5 cm³/mol. The molecule has 0 radical (unpaired) electrons. The topological polar surface area (TPSA) is 113 Å². The number of rotatable bonds is 3. The van der Waals surface area contributed by atoms with Crippen LogP contribution < -0.4 is 4.90 Å². The molecule has 0 aliphatic rings. The maximum Gasteiger partial charge on any atom is 0.421 e. The van der Waals surface area contributed by atoms with Gasteiger partial charge in [0.1, 0.15) is 16.1 Å². The Bertz CT molecular complexity index is 601. The highest BCUT2D eigenvalue weighted by Gasteiger charge is 2.26. The summed E-state index contributed by atoms with van der Waals surface area (Å²) in [5.41, 5.74) is 0.164. The van der Waals surface area contributed by atoms with E-state index in [1.807, 2.05) is 0 Å². The summed E-state index contributed by atoms with van der Waals surface area (Å²) in [7, 11) is 0. The standard InChI is InChI=1S/C13H15ClN2O5S/c1-13(2,3)22(21)15-7-8-6-9(4-5-10(8)14)16(11(17)18)12(19)20/h4-7H,1-3H3,(H,17,18)(H,19,20)/t22-/m0/s1. The third-order valence-electron chi connectivity index (χ3n) is 2.43. The molecule has 0 saturated carbocycles. The van der Waals surface area contributed by atoms with Gasteiger partial charge in [0.15, 0.2) is 0 Å². The zero-order valence-electron chi connectivity index (χ0n) is 12.1. The lowest BCUT2D eigenvalue weighted by molar-refractivity contribution is 0.184. The van der Waals surface area contributed by atoms with E-state index in [0.717, 1.165) is 0 Å². The minimum absolute atomic E-state index is 0.104. The highest BCUT2D eigenvalue weighted by Crippen LogP contribution is 2.24. The Morgan fingerprint density at radius 1 is 1.32 bits per heavy atom. The molecule has 1 atom stereocenters. The number of hydrogen-bond acceptors (Lipinski definition) is 4. The SMILES string of the molecule is CC(C)(C)[S@+]([O-])N=Cc1cc(N(C(=O)O)C(=O)O)ccc1Cl. The third-order valence-corrected chi connectivity index (χ3v) is 4.12. The molecule has 0 bridgehead atoms. The fourth-order valence-electron chi connectivity index (χ4n) is 1.33. The van der Waals surface area contributed by atoms with E-state index in [-0.39, 0.29) is 21.2 Å². The second-order valence-electron chi connectivity index (χ2n) is 5.20. The molecule has 120 valence electrons. The summed E-state index contributed by atoms with van der Waals surface area (Å²) >= 11 is 4.44. The van der Waals surface area contributed by atoms with Crippen LogP contribution in [0, 0.1) is 0 Å². The summed E-state index contributed by atoms with van der Waals surface area (Å²) in [6, 6.07) is 3.84. The number of carbonyl (C=O) groups is 2. The fraction of sp³-hybridized carbons (Fsp3) is 0.308. The average molecular weight is 347 g/mol. The fourth-order valence-corrected chi connectivity index (χ4v) is 2.03. The Morgan fingerprint density at radius 3 is 2.32 bits per heavy atom. The van der Waals surface area contributed by atoms with E-state index in [4.69, 9.17) is 21.8 Å². The van der Waals surface area contributed by atoms with Gasteiger partial charge in [0, 0.05) is 10.6 Å². The summed E-state index contributed by atoms with van der Waals surface area (Å²) in [6.07, 6.45) is -2.05. The van der Waals surface area contributed by atoms with Gasteiger partial charge in [-0.1, -0.05) is 16.0 Å². The van der Waals surface area contributed by atoms with E-state index in [0.29, 0.717) is 0 Å². The van der Waals surface area contributed by atoms with E-state index in [1.165, 1.54) is 24.4 Å². The molecule has 0 saturated heterocycles. The first-order valence-corrected chi connectivity index (χ1v) is 7.54. The van der Waals surface area contributed by atoms with Gasteiger partial charge in [0.05, 0.1) is 11.9 Å². The van der Waals surface area contributed by atoms with E-state index in [1.54, 1.807) is 20.8 Å². The molecule has 0 aliphatic carbocycles. The number of hydrogen-bond donors (Lipinski definition) is 2. The first-order chi connectivity index (χ1) is 10.0. The van der Waals surface area contributed by atoms with Gasteiger partial charge < -0.3 is 14.8 Å². The lowest BCUT2D eigenvalue weighted by Crippen LogP contribution is -2.34. The maximum absolute atomic E-state index is 11.9. The molecule has 1 rings (SSSR count). The zero-order chi connectivity index (χ0) is 17.1. The summed E-state index contributed by atoms with van der Waals surface area (Å²) in [5, 5.41) is 18.1. The second-order valence-corrected chi connectivity index (χ2v) is 7.54. The van der Waals surface area contributed by atoms with Crippen molar-refractivity contribution >= 4 is 47.1 Å². The van der Waals surface area contributed by atoms with E-state index >= 15 is 0 Å². The van der Waals surface area contributed by atoms with Crippen LogP contribution in [-0.2, 0) is 11.4 Å². The van der Waals surface area contributed by atoms with E-state index < -0.39 is 28.3 Å². The van der Waals surface area contributed by atoms with Crippen LogP contribution in [0.5, 0.6) is 0 Å². The zero-order valence-corrected chi connectivity index (χ0v) is 13.7. The quantitative estimate of drug-likeness (QED) is 0.643. The van der Waals surface area contributed by atoms with Crippen molar-refractivity contribution in [1.29, 1.82) is 0 Å². The summed E-state index contributed by atoms with van der Waals surface area (Å²) in [4.78, 5) is 22.1. The van der Waals surface area contributed by atoms with E-state index in [9.17, 15) is 14.1 Å². The van der Waals surface area contributed by atoms with E-state index in [2.05, 4.69) is 4.40 Å². The smallest absolute Gasteiger partial charge is 0.421 e. The number of nitrogens with zero attached hydrogens (tertiary/aromatic N) is 2. The molecular weight excluding hydrogens is 332 g/mol. The van der Waals surface area contributed by atoms with Crippen LogP contribution in [0.4, 0.5) is 15.3 Å². The Morgan fingerprint density at radius 2 is 1.86 bits per heavy atom. The highest BCUT2D eigenvalue weighted by atomic mass is 35.5. The van der Waals surface area contributed by atoms with Crippen LogP contribution in [0.15, 0.2) is 22.6 Å². The lowest BCUT2D eigenvalue weighted by atomic mass is 10.2. The van der Waals surface area contributed by atoms with Gasteiger partial charge in [0.2, 0.25) is 0 Å². The molecule has 2 N–H and O–H groups in total. The van der Waals surface area contributed by atoms with Gasteiger partial charge in [-0.05, 0) is 39.0 Å². The van der Waals surface area contributed by atoms with Gasteiger partial charge in [-0.15, -0.1) is 0 Å². The summed E-state index contributed by atoms with van der Waals surface area (Å²) in [5.74, 6) is 0. The molecule has 7 nitrogen and oxygen atoms in total. The first kappa shape index (κ1) is 18.3. The number of benzene rings is 1. The van der Waals surface area contributed by atoms with Crippen molar-refractivity contribution in [2.45, 2.75) is 25.5 Å². The van der Waals surface area contributed by atoms with Crippen LogP contribution >= 0.6 is 11.6 Å². The van der Waals surface area contributed by atoms with Gasteiger partial charge in [-0.3, -0.25) is 0 Å². The molecule has 9 heteroatoms. The average Bonchev–Trinajstić information content (AvgIpc) is 2.36. The maximum atomic E-state index is 11.9. The van der Waals surface area contributed by atoms with Crippen LogP contribution in [0.2, 0.25) is 5.02 Å². The highest BCUT2D eigenvalue weighted by molar-refractivity contribution is 7.91. The van der Waals surface area contributed by atoms with Crippen LogP contribution in [0.3, 0.4) is 0 Å². The summed E-state index contributed by atoms with van der Waals surface area (Å²) in [6.45, 7) is 5.24. The van der Waals surface area contributed by atoms with Crippen LogP contribution in [0.25, 0.3) is 0 Å². The normalized spacial score (nSPS) is 13.1. The van der Waals surface area contributed by atoms with Crippen molar-refractivity contribution in [2.24, 2.45) is 4.40 Å². The molecule has 1 aromatic rings. The number of amides is 2. The molecular formula is C13H15ClN2O5S. The van der Waals surface area contributed by atoms with Crippen molar-refractivity contribution in [1.82, 2.24) is 0 Å². The van der Waals surface area contributed by atoms with Crippen molar-refractivity contribution in [3.63, 3.8) is 0 Å². The molecule has 1 aromatic carbocycles. The Balaban J connectivity index is 3.18. The minimum atomic E-state index is -1.64. The largest absolute Gasteiger partial charge is 0.591 e. The van der Waals surface area contributed by atoms with Crippen molar-refractivity contribution in [2.75, 3.05) is 4.90 Å². The van der Waals surface area contributed by atoms with Crippen molar-refractivity contribution < 1.29 is 24.4 Å². The number of carboxylic acid groups (broad SMARTS) is 2. The molecule has 0 heterocycles. The molecule has 0 unspecified atom stereocenters. The number of imide groups is 1. The molecule has 0 spiro atoms. The summed E-state index contributed by atoms with van der Waals surface area (Å²) < 4.78 is 15.2.